The van der Waals surface area contributed by atoms with Gasteiger partial charge in [0.15, 0.2) is 0 Å². The van der Waals surface area contributed by atoms with Gasteiger partial charge in [0.25, 0.3) is 5.91 Å². The second kappa shape index (κ2) is 5.75. The number of aryl methyl sites for hydroxylation is 1. The first-order chi connectivity index (χ1) is 9.76. The van der Waals surface area contributed by atoms with E-state index in [0.29, 0.717) is 11.3 Å². The number of unbranched alkanes of at least 4 members (excludes halogenated alkanes) is 1. The van der Waals surface area contributed by atoms with Crippen LogP contribution in [-0.2, 0) is 12.8 Å². The predicted octanol–water partition coefficient (Wildman–Crippen LogP) is 2.71. The fourth-order valence-electron chi connectivity index (χ4n) is 2.29. The van der Waals surface area contributed by atoms with Gasteiger partial charge in [0.05, 0.1) is 5.56 Å². The number of alkyl halides is 3. The molecule has 1 aromatic heterocycles. The molecule has 0 saturated heterocycles. The van der Waals surface area contributed by atoms with E-state index in [1.807, 2.05) is 0 Å². The number of carbonyl (C=O) groups is 1. The van der Waals surface area contributed by atoms with Crippen molar-refractivity contribution in [3.8, 4) is 0 Å². The van der Waals surface area contributed by atoms with Crippen molar-refractivity contribution in [2.75, 3.05) is 0 Å². The molecule has 0 bridgehead atoms. The van der Waals surface area contributed by atoms with Crippen LogP contribution >= 0.6 is 0 Å². The SMILES string of the molecule is C=C1Cc2oc(=O)cc(CCCCC(F)(F)F)c2C(=O)N1. The highest BCUT2D eigenvalue weighted by molar-refractivity contribution is 5.98. The Morgan fingerprint density at radius 2 is 2.00 bits per heavy atom. The summed E-state index contributed by atoms with van der Waals surface area (Å²) < 4.78 is 41.2. The van der Waals surface area contributed by atoms with Gasteiger partial charge in [0.1, 0.15) is 5.76 Å². The Hall–Kier alpha value is -2.05. The van der Waals surface area contributed by atoms with Crippen LogP contribution in [0.5, 0.6) is 0 Å². The van der Waals surface area contributed by atoms with Crippen molar-refractivity contribution in [3.63, 3.8) is 0 Å². The van der Waals surface area contributed by atoms with E-state index in [-0.39, 0.29) is 37.0 Å². The van der Waals surface area contributed by atoms with Crippen LogP contribution in [-0.4, -0.2) is 12.1 Å². The third-order valence-electron chi connectivity index (χ3n) is 3.16. The predicted molar refractivity (Wildman–Crippen MR) is 68.9 cm³/mol. The van der Waals surface area contributed by atoms with Crippen LogP contribution in [0.2, 0.25) is 0 Å². The quantitative estimate of drug-likeness (QED) is 0.870. The van der Waals surface area contributed by atoms with Crippen molar-refractivity contribution < 1.29 is 22.4 Å². The number of amides is 1. The summed E-state index contributed by atoms with van der Waals surface area (Å²) in [6.45, 7) is 3.61. The fraction of sp³-hybridized carbons (Fsp3) is 0.429. The molecule has 0 unspecified atom stereocenters. The summed E-state index contributed by atoms with van der Waals surface area (Å²) in [6, 6.07) is 1.17. The third kappa shape index (κ3) is 3.96. The molecule has 2 heterocycles. The zero-order valence-electron chi connectivity index (χ0n) is 11.2. The van der Waals surface area contributed by atoms with Gasteiger partial charge in [0, 0.05) is 24.6 Å². The van der Waals surface area contributed by atoms with E-state index in [9.17, 15) is 22.8 Å². The summed E-state index contributed by atoms with van der Waals surface area (Å²) in [5, 5.41) is 2.53. The van der Waals surface area contributed by atoms with Gasteiger partial charge in [0.2, 0.25) is 0 Å². The van der Waals surface area contributed by atoms with Crippen LogP contribution in [0.4, 0.5) is 13.2 Å². The minimum atomic E-state index is -4.19. The molecular formula is C14H14F3NO3. The lowest BCUT2D eigenvalue weighted by atomic mass is 9.97. The highest BCUT2D eigenvalue weighted by Gasteiger charge is 2.27. The zero-order chi connectivity index (χ0) is 15.6. The van der Waals surface area contributed by atoms with Crippen LogP contribution in [0.25, 0.3) is 0 Å². The Bertz CT molecular complexity index is 631. The molecule has 1 amide bonds. The maximum atomic E-state index is 12.1. The zero-order valence-corrected chi connectivity index (χ0v) is 11.2. The van der Waals surface area contributed by atoms with Gasteiger partial charge in [-0.1, -0.05) is 6.58 Å². The first-order valence-electron chi connectivity index (χ1n) is 6.48. The second-order valence-corrected chi connectivity index (χ2v) is 4.95. The normalized spacial score (nSPS) is 14.8. The minimum absolute atomic E-state index is 0.0488. The summed E-state index contributed by atoms with van der Waals surface area (Å²) in [7, 11) is 0. The molecule has 21 heavy (non-hydrogen) atoms. The molecule has 0 saturated carbocycles. The van der Waals surface area contributed by atoms with Crippen molar-refractivity contribution in [3.05, 3.63) is 45.6 Å². The summed E-state index contributed by atoms with van der Waals surface area (Å²) in [5.74, 6) is -0.210. The Labute approximate surface area is 118 Å². The van der Waals surface area contributed by atoms with Crippen molar-refractivity contribution in [1.82, 2.24) is 5.32 Å². The number of nitrogens with one attached hydrogen (secondary N) is 1. The molecule has 1 aliphatic heterocycles. The molecule has 114 valence electrons. The Kier molecular flexibility index (Phi) is 4.20. The van der Waals surface area contributed by atoms with Gasteiger partial charge in [-0.15, -0.1) is 0 Å². The van der Waals surface area contributed by atoms with E-state index in [0.717, 1.165) is 0 Å². The van der Waals surface area contributed by atoms with Crippen molar-refractivity contribution >= 4 is 5.91 Å². The molecule has 0 radical (unpaired) electrons. The number of hydrogen-bond acceptors (Lipinski definition) is 3. The first-order valence-corrected chi connectivity index (χ1v) is 6.48. The Morgan fingerprint density at radius 3 is 2.67 bits per heavy atom. The van der Waals surface area contributed by atoms with Gasteiger partial charge in [-0.2, -0.15) is 13.2 Å². The van der Waals surface area contributed by atoms with E-state index in [4.69, 9.17) is 4.42 Å². The lowest BCUT2D eigenvalue weighted by Crippen LogP contribution is -2.32. The van der Waals surface area contributed by atoms with Crippen molar-refractivity contribution in [2.45, 2.75) is 38.3 Å². The van der Waals surface area contributed by atoms with Gasteiger partial charge in [-0.05, 0) is 24.8 Å². The monoisotopic (exact) mass is 301 g/mol. The average molecular weight is 301 g/mol. The fourth-order valence-corrected chi connectivity index (χ4v) is 2.29. The molecule has 0 aromatic carbocycles. The van der Waals surface area contributed by atoms with Gasteiger partial charge in [-0.3, -0.25) is 4.79 Å². The summed E-state index contributed by atoms with van der Waals surface area (Å²) in [5.41, 5.74) is 0.481. The van der Waals surface area contributed by atoms with Gasteiger partial charge in [-0.25, -0.2) is 4.79 Å². The average Bonchev–Trinajstić information content (AvgIpc) is 2.31. The third-order valence-corrected chi connectivity index (χ3v) is 3.16. The van der Waals surface area contributed by atoms with Gasteiger partial charge >= 0.3 is 11.8 Å². The summed E-state index contributed by atoms with van der Waals surface area (Å²) >= 11 is 0. The smallest absolute Gasteiger partial charge is 0.389 e. The number of fused-ring (bicyclic) bond motifs is 1. The molecule has 0 fully saturated rings. The van der Waals surface area contributed by atoms with E-state index in [1.165, 1.54) is 6.07 Å². The topological polar surface area (TPSA) is 59.3 Å². The Balaban J connectivity index is 2.15. The van der Waals surface area contributed by atoms with Crippen LogP contribution in [0, 0.1) is 0 Å². The Morgan fingerprint density at radius 1 is 1.29 bits per heavy atom. The van der Waals surface area contributed by atoms with E-state index >= 15 is 0 Å². The standard InChI is InChI=1S/C14H14F3NO3/c1-8-6-10-12(13(20)18-8)9(7-11(19)21-10)4-2-3-5-14(15,16)17/h7H,1-6H2,(H,18,20). The molecular weight excluding hydrogens is 287 g/mol. The van der Waals surface area contributed by atoms with Crippen LogP contribution in [0.3, 0.4) is 0 Å². The molecule has 1 N–H and O–H groups in total. The number of allylic oxidation sites excluding steroid dienone is 1. The number of hydrogen-bond donors (Lipinski definition) is 1. The van der Waals surface area contributed by atoms with E-state index in [1.54, 1.807) is 0 Å². The number of carbonyl (C=O) groups excluding carboxylic acids is 1. The largest absolute Gasteiger partial charge is 0.427 e. The minimum Gasteiger partial charge on any atom is -0.427 e. The molecule has 0 spiro atoms. The molecule has 4 nitrogen and oxygen atoms in total. The highest BCUT2D eigenvalue weighted by Crippen LogP contribution is 2.25. The molecule has 1 aliphatic rings. The van der Waals surface area contributed by atoms with Crippen molar-refractivity contribution in [1.29, 1.82) is 0 Å². The maximum Gasteiger partial charge on any atom is 0.389 e. The molecule has 1 aromatic rings. The van der Waals surface area contributed by atoms with Crippen LogP contribution in [0.15, 0.2) is 27.6 Å². The van der Waals surface area contributed by atoms with E-state index < -0.39 is 24.1 Å². The summed E-state index contributed by atoms with van der Waals surface area (Å²) in [4.78, 5) is 23.4. The van der Waals surface area contributed by atoms with Crippen molar-refractivity contribution in [2.24, 2.45) is 0 Å². The molecule has 2 rings (SSSR count). The molecule has 7 heteroatoms. The number of halogens is 3. The number of rotatable bonds is 4. The maximum absolute atomic E-state index is 12.1. The van der Waals surface area contributed by atoms with Crippen LogP contribution in [0.1, 0.15) is 40.9 Å². The first kappa shape index (κ1) is 15.3. The lowest BCUT2D eigenvalue weighted by Gasteiger charge is -2.19. The second-order valence-electron chi connectivity index (χ2n) is 4.95. The van der Waals surface area contributed by atoms with Gasteiger partial charge < -0.3 is 9.73 Å². The molecule has 0 aliphatic carbocycles. The van der Waals surface area contributed by atoms with Crippen LogP contribution < -0.4 is 10.9 Å². The highest BCUT2D eigenvalue weighted by atomic mass is 19.4. The lowest BCUT2D eigenvalue weighted by molar-refractivity contribution is -0.135. The summed E-state index contributed by atoms with van der Waals surface area (Å²) in [6.07, 6.45) is -4.43. The van der Waals surface area contributed by atoms with E-state index in [2.05, 4.69) is 11.9 Å². The molecule has 0 atom stereocenters.